The van der Waals surface area contributed by atoms with Crippen molar-refractivity contribution >= 4 is 6.21 Å². The number of hydrogen-bond donors (Lipinski definition) is 0. The minimum absolute atomic E-state index is 0.922. The van der Waals surface area contributed by atoms with E-state index >= 15 is 0 Å². The molecule has 1 heteroatoms. The molecule has 0 aromatic rings. The van der Waals surface area contributed by atoms with Gasteiger partial charge < -0.3 is 0 Å². The van der Waals surface area contributed by atoms with Crippen molar-refractivity contribution in [1.29, 1.82) is 0 Å². The van der Waals surface area contributed by atoms with Crippen molar-refractivity contribution in [2.24, 2.45) is 4.99 Å². The van der Waals surface area contributed by atoms with Crippen molar-refractivity contribution in [1.82, 2.24) is 0 Å². The molecule has 1 nitrogen and oxygen atoms in total. The highest BCUT2D eigenvalue weighted by Crippen LogP contribution is 2.06. The van der Waals surface area contributed by atoms with Crippen molar-refractivity contribution in [3.63, 3.8) is 0 Å². The Morgan fingerprint density at radius 1 is 1.57 bits per heavy atom. The molecular formula is C6H9N. The molecule has 38 valence electrons. The van der Waals surface area contributed by atoms with Crippen molar-refractivity contribution in [2.75, 3.05) is 6.54 Å². The molecule has 0 aliphatic carbocycles. The van der Waals surface area contributed by atoms with E-state index in [-0.39, 0.29) is 0 Å². The molecular weight excluding hydrogens is 86.1 g/mol. The van der Waals surface area contributed by atoms with Crippen molar-refractivity contribution in [3.05, 3.63) is 11.1 Å². The van der Waals surface area contributed by atoms with Crippen molar-refractivity contribution in [2.45, 2.75) is 13.8 Å². The summed E-state index contributed by atoms with van der Waals surface area (Å²) in [4.78, 5) is 4.05. The summed E-state index contributed by atoms with van der Waals surface area (Å²) in [5.74, 6) is 0. The smallest absolute Gasteiger partial charge is 0.0603 e. The second-order valence-electron chi connectivity index (χ2n) is 1.93. The summed E-state index contributed by atoms with van der Waals surface area (Å²) in [6.07, 6.45) is 1.93. The molecule has 0 saturated carbocycles. The summed E-state index contributed by atoms with van der Waals surface area (Å²) in [5.41, 5.74) is 2.74. The van der Waals surface area contributed by atoms with Crippen LogP contribution in [-0.4, -0.2) is 12.8 Å². The van der Waals surface area contributed by atoms with Gasteiger partial charge in [0.25, 0.3) is 0 Å². The molecule has 1 heterocycles. The number of hydrogen-bond acceptors (Lipinski definition) is 1. The minimum atomic E-state index is 0.922. The van der Waals surface area contributed by atoms with Gasteiger partial charge in [0.1, 0.15) is 0 Å². The minimum Gasteiger partial charge on any atom is -0.288 e. The molecule has 0 radical (unpaired) electrons. The highest BCUT2D eigenvalue weighted by Gasteiger charge is 1.96. The summed E-state index contributed by atoms with van der Waals surface area (Å²) in [5, 5.41) is 0. The Hall–Kier alpha value is -0.590. The maximum absolute atomic E-state index is 4.05. The van der Waals surface area contributed by atoms with Crippen LogP contribution < -0.4 is 0 Å². The molecule has 0 aromatic carbocycles. The quantitative estimate of drug-likeness (QED) is 0.431. The first kappa shape index (κ1) is 4.57. The predicted molar refractivity (Wildman–Crippen MR) is 31.7 cm³/mol. The maximum Gasteiger partial charge on any atom is 0.0603 e. The first-order chi connectivity index (χ1) is 3.30. The largest absolute Gasteiger partial charge is 0.288 e. The van der Waals surface area contributed by atoms with Gasteiger partial charge in [-0.3, -0.25) is 4.99 Å². The maximum atomic E-state index is 4.05. The molecule has 0 amide bonds. The fraction of sp³-hybridized carbons (Fsp3) is 0.500. The molecule has 0 fully saturated rings. The van der Waals surface area contributed by atoms with E-state index < -0.39 is 0 Å². The van der Waals surface area contributed by atoms with Gasteiger partial charge in [0.2, 0.25) is 0 Å². The summed E-state index contributed by atoms with van der Waals surface area (Å²) < 4.78 is 0. The standard InChI is InChI=1S/C6H9N/c1-5-3-7-4-6(5)2/h3H,4H2,1-2H3. The molecule has 7 heavy (non-hydrogen) atoms. The monoisotopic (exact) mass is 95.1 g/mol. The lowest BCUT2D eigenvalue weighted by molar-refractivity contribution is 1.17. The van der Waals surface area contributed by atoms with Crippen molar-refractivity contribution < 1.29 is 0 Å². The second kappa shape index (κ2) is 1.49. The van der Waals surface area contributed by atoms with E-state index in [4.69, 9.17) is 0 Å². The van der Waals surface area contributed by atoms with Crippen LogP contribution in [0.1, 0.15) is 13.8 Å². The van der Waals surface area contributed by atoms with Crippen LogP contribution >= 0.6 is 0 Å². The summed E-state index contributed by atoms with van der Waals surface area (Å²) in [6, 6.07) is 0. The Morgan fingerprint density at radius 2 is 2.29 bits per heavy atom. The third-order valence-corrected chi connectivity index (χ3v) is 1.29. The SMILES string of the molecule is CC1=C(C)CN=C1. The predicted octanol–water partition coefficient (Wildman–Crippen LogP) is 1.41. The van der Waals surface area contributed by atoms with E-state index in [0.29, 0.717) is 0 Å². The zero-order valence-electron chi connectivity index (χ0n) is 4.73. The van der Waals surface area contributed by atoms with Crippen LogP contribution in [0.3, 0.4) is 0 Å². The van der Waals surface area contributed by atoms with E-state index in [9.17, 15) is 0 Å². The van der Waals surface area contributed by atoms with E-state index in [1.807, 2.05) is 6.21 Å². The Labute approximate surface area is 43.8 Å². The molecule has 0 aromatic heterocycles. The summed E-state index contributed by atoms with van der Waals surface area (Å²) in [6.45, 7) is 5.12. The second-order valence-corrected chi connectivity index (χ2v) is 1.93. The van der Waals surface area contributed by atoms with Crippen LogP contribution in [-0.2, 0) is 0 Å². The fourth-order valence-corrected chi connectivity index (χ4v) is 0.554. The van der Waals surface area contributed by atoms with Crippen LogP contribution in [0.2, 0.25) is 0 Å². The van der Waals surface area contributed by atoms with Gasteiger partial charge in [-0.05, 0) is 25.0 Å². The molecule has 0 unspecified atom stereocenters. The van der Waals surface area contributed by atoms with E-state index in [1.165, 1.54) is 11.1 Å². The lowest BCUT2D eigenvalue weighted by Gasteiger charge is -1.85. The Bertz CT molecular complexity index is 131. The number of nitrogens with zero attached hydrogens (tertiary/aromatic N) is 1. The summed E-state index contributed by atoms with van der Waals surface area (Å²) in [7, 11) is 0. The summed E-state index contributed by atoms with van der Waals surface area (Å²) >= 11 is 0. The van der Waals surface area contributed by atoms with Crippen LogP contribution in [0.25, 0.3) is 0 Å². The van der Waals surface area contributed by atoms with Gasteiger partial charge >= 0.3 is 0 Å². The van der Waals surface area contributed by atoms with E-state index in [1.54, 1.807) is 0 Å². The van der Waals surface area contributed by atoms with Crippen LogP contribution in [0.4, 0.5) is 0 Å². The topological polar surface area (TPSA) is 12.4 Å². The molecule has 0 N–H and O–H groups in total. The molecule has 0 spiro atoms. The van der Waals surface area contributed by atoms with Gasteiger partial charge in [0.05, 0.1) is 6.54 Å². The van der Waals surface area contributed by atoms with E-state index in [0.717, 1.165) is 6.54 Å². The molecule has 0 bridgehead atoms. The molecule has 1 aliphatic heterocycles. The van der Waals surface area contributed by atoms with Gasteiger partial charge in [-0.1, -0.05) is 0 Å². The van der Waals surface area contributed by atoms with Gasteiger partial charge in [-0.25, -0.2) is 0 Å². The fourth-order valence-electron chi connectivity index (χ4n) is 0.554. The third kappa shape index (κ3) is 0.710. The van der Waals surface area contributed by atoms with Crippen LogP contribution in [0, 0.1) is 0 Å². The highest BCUT2D eigenvalue weighted by atomic mass is 14.7. The normalized spacial score (nSPS) is 19.1. The molecule has 0 atom stereocenters. The average molecular weight is 95.1 g/mol. The number of rotatable bonds is 0. The Morgan fingerprint density at radius 3 is 2.43 bits per heavy atom. The lowest BCUT2D eigenvalue weighted by atomic mass is 10.2. The van der Waals surface area contributed by atoms with Gasteiger partial charge in [0.15, 0.2) is 0 Å². The average Bonchev–Trinajstić information content (AvgIpc) is 1.91. The Kier molecular flexibility index (Phi) is 0.970. The lowest BCUT2D eigenvalue weighted by Crippen LogP contribution is -1.76. The van der Waals surface area contributed by atoms with Gasteiger partial charge in [-0.15, -0.1) is 0 Å². The first-order valence-electron chi connectivity index (χ1n) is 2.47. The van der Waals surface area contributed by atoms with Crippen LogP contribution in [0.5, 0.6) is 0 Å². The van der Waals surface area contributed by atoms with Crippen molar-refractivity contribution in [3.8, 4) is 0 Å². The van der Waals surface area contributed by atoms with Gasteiger partial charge in [0, 0.05) is 6.21 Å². The number of allylic oxidation sites excluding steroid dienone is 1. The third-order valence-electron chi connectivity index (χ3n) is 1.29. The van der Waals surface area contributed by atoms with Gasteiger partial charge in [-0.2, -0.15) is 0 Å². The molecule has 0 saturated heterocycles. The zero-order valence-corrected chi connectivity index (χ0v) is 4.73. The van der Waals surface area contributed by atoms with Crippen LogP contribution in [0.15, 0.2) is 16.1 Å². The molecule has 1 aliphatic rings. The van der Waals surface area contributed by atoms with E-state index in [2.05, 4.69) is 18.8 Å². The number of aliphatic imine (C=N–C) groups is 1. The zero-order chi connectivity index (χ0) is 5.28. The first-order valence-corrected chi connectivity index (χ1v) is 2.47. The highest BCUT2D eigenvalue weighted by molar-refractivity contribution is 5.81. The Balaban J connectivity index is 2.79. The molecule has 1 rings (SSSR count).